The van der Waals surface area contributed by atoms with Crippen LogP contribution in [0.3, 0.4) is 0 Å². The van der Waals surface area contributed by atoms with Crippen molar-refractivity contribution in [1.29, 1.82) is 0 Å². The number of benzene rings is 1. The zero-order chi connectivity index (χ0) is 20.0. The number of carbonyl (C=O) groups is 1. The summed E-state index contributed by atoms with van der Waals surface area (Å²) < 4.78 is 5.35. The van der Waals surface area contributed by atoms with E-state index in [1.54, 1.807) is 6.07 Å². The van der Waals surface area contributed by atoms with Gasteiger partial charge < -0.3 is 4.74 Å². The van der Waals surface area contributed by atoms with Crippen molar-refractivity contribution in [1.82, 2.24) is 4.98 Å². The third-order valence-electron chi connectivity index (χ3n) is 4.86. The summed E-state index contributed by atoms with van der Waals surface area (Å²) in [4.78, 5) is 16.4. The molecular formula is C25H33NO2. The third kappa shape index (κ3) is 8.08. The number of hydrogen-bond acceptors (Lipinski definition) is 3. The summed E-state index contributed by atoms with van der Waals surface area (Å²) in [5, 5.41) is 0. The number of unbranched alkanes of at least 4 members (excludes halogenated alkanes) is 4. The Labute approximate surface area is 169 Å². The molecule has 3 heteroatoms. The minimum absolute atomic E-state index is 0.224. The van der Waals surface area contributed by atoms with Gasteiger partial charge in [0.1, 0.15) is 0 Å². The molecule has 1 aromatic heterocycles. The predicted octanol–water partition coefficient (Wildman–Crippen LogP) is 6.64. The average molecular weight is 380 g/mol. The normalized spacial score (nSPS) is 12.2. The monoisotopic (exact) mass is 379 g/mol. The smallest absolute Gasteiger partial charge is 0.337 e. The molecule has 150 valence electrons. The predicted molar refractivity (Wildman–Crippen MR) is 116 cm³/mol. The Morgan fingerprint density at radius 3 is 2.46 bits per heavy atom. The molecule has 3 nitrogen and oxygen atoms in total. The molecule has 0 bridgehead atoms. The first kappa shape index (κ1) is 21.9. The Morgan fingerprint density at radius 2 is 1.79 bits per heavy atom. The van der Waals surface area contributed by atoms with Gasteiger partial charge >= 0.3 is 5.97 Å². The van der Waals surface area contributed by atoms with Crippen molar-refractivity contribution < 1.29 is 9.53 Å². The summed E-state index contributed by atoms with van der Waals surface area (Å²) in [6.45, 7) is 4.38. The van der Waals surface area contributed by atoms with E-state index in [0.717, 1.165) is 19.3 Å². The summed E-state index contributed by atoms with van der Waals surface area (Å²) in [5.74, 6) is 0.203. The molecule has 0 fully saturated rings. The topological polar surface area (TPSA) is 39.2 Å². The van der Waals surface area contributed by atoms with E-state index in [0.29, 0.717) is 5.88 Å². The number of nitrogens with zero attached hydrogens (tertiary/aromatic N) is 1. The van der Waals surface area contributed by atoms with Crippen LogP contribution in [0.5, 0.6) is 5.88 Å². The standard InChI is InChI=1S/C25H33NO2/c1-3-5-6-7-9-13-21-16-18-24(26-20-21)28-25(27)19-17-22(12-4-2)23-14-10-8-11-15-23/h8,10-11,14-20,22H,3-7,9,12-13H2,1-2H3/b19-17+. The number of aromatic nitrogens is 1. The number of rotatable bonds is 12. The molecule has 1 unspecified atom stereocenters. The lowest BCUT2D eigenvalue weighted by molar-refractivity contribution is -0.129. The summed E-state index contributed by atoms with van der Waals surface area (Å²) in [6, 6.07) is 14.0. The molecule has 0 aliphatic heterocycles. The van der Waals surface area contributed by atoms with Crippen LogP contribution in [-0.4, -0.2) is 11.0 Å². The van der Waals surface area contributed by atoms with E-state index in [1.165, 1.54) is 49.3 Å². The first-order valence-corrected chi connectivity index (χ1v) is 10.6. The fourth-order valence-corrected chi connectivity index (χ4v) is 3.27. The lowest BCUT2D eigenvalue weighted by Gasteiger charge is -2.11. The second-order valence-electron chi connectivity index (χ2n) is 7.25. The number of hydrogen-bond donors (Lipinski definition) is 0. The highest BCUT2D eigenvalue weighted by atomic mass is 16.5. The molecule has 0 spiro atoms. The number of allylic oxidation sites excluding steroid dienone is 1. The van der Waals surface area contributed by atoms with Crippen molar-refractivity contribution in [3.8, 4) is 5.88 Å². The highest BCUT2D eigenvalue weighted by molar-refractivity contribution is 5.83. The molecule has 0 N–H and O–H groups in total. The van der Waals surface area contributed by atoms with Crippen LogP contribution >= 0.6 is 0 Å². The van der Waals surface area contributed by atoms with Gasteiger partial charge in [0.2, 0.25) is 5.88 Å². The van der Waals surface area contributed by atoms with Crippen LogP contribution in [0, 0.1) is 0 Å². The molecule has 1 aromatic carbocycles. The first-order chi connectivity index (χ1) is 13.7. The molecule has 0 saturated heterocycles. The van der Waals surface area contributed by atoms with Crippen LogP contribution in [0.2, 0.25) is 0 Å². The zero-order valence-electron chi connectivity index (χ0n) is 17.3. The number of pyridine rings is 1. The van der Waals surface area contributed by atoms with Crippen LogP contribution in [0.25, 0.3) is 0 Å². The van der Waals surface area contributed by atoms with Crippen LogP contribution in [0.15, 0.2) is 60.8 Å². The van der Waals surface area contributed by atoms with Crippen LogP contribution in [-0.2, 0) is 11.2 Å². The van der Waals surface area contributed by atoms with Gasteiger partial charge in [-0.25, -0.2) is 9.78 Å². The molecule has 2 aromatic rings. The van der Waals surface area contributed by atoms with E-state index in [4.69, 9.17) is 4.74 Å². The van der Waals surface area contributed by atoms with Gasteiger partial charge in [-0.15, -0.1) is 0 Å². The molecule has 1 atom stereocenters. The number of carbonyl (C=O) groups excluding carboxylic acids is 1. The highest BCUT2D eigenvalue weighted by Crippen LogP contribution is 2.22. The minimum Gasteiger partial charge on any atom is -0.404 e. The maximum atomic E-state index is 12.2. The summed E-state index contributed by atoms with van der Waals surface area (Å²) in [5.41, 5.74) is 2.41. The van der Waals surface area contributed by atoms with Crippen LogP contribution in [0.1, 0.15) is 75.8 Å². The van der Waals surface area contributed by atoms with Gasteiger partial charge in [-0.2, -0.15) is 0 Å². The number of esters is 1. The second-order valence-corrected chi connectivity index (χ2v) is 7.25. The van der Waals surface area contributed by atoms with Crippen molar-refractivity contribution in [2.75, 3.05) is 0 Å². The van der Waals surface area contributed by atoms with Crippen molar-refractivity contribution in [2.24, 2.45) is 0 Å². The molecule has 0 saturated carbocycles. The van der Waals surface area contributed by atoms with Crippen LogP contribution < -0.4 is 4.74 Å². The largest absolute Gasteiger partial charge is 0.404 e. The quantitative estimate of drug-likeness (QED) is 0.236. The lowest BCUT2D eigenvalue weighted by atomic mass is 9.94. The van der Waals surface area contributed by atoms with E-state index < -0.39 is 0 Å². The van der Waals surface area contributed by atoms with E-state index in [9.17, 15) is 4.79 Å². The van der Waals surface area contributed by atoms with Crippen molar-refractivity contribution in [3.05, 3.63) is 71.9 Å². The number of aryl methyl sites for hydroxylation is 1. The SMILES string of the molecule is CCCCCCCc1ccc(OC(=O)/C=C/C(CCC)c2ccccc2)nc1. The van der Waals surface area contributed by atoms with E-state index >= 15 is 0 Å². The molecular weight excluding hydrogens is 346 g/mol. The second kappa shape index (κ2) is 12.9. The Hall–Kier alpha value is -2.42. The highest BCUT2D eigenvalue weighted by Gasteiger charge is 2.08. The van der Waals surface area contributed by atoms with Gasteiger partial charge in [-0.1, -0.05) is 88.4 Å². The lowest BCUT2D eigenvalue weighted by Crippen LogP contribution is -2.06. The van der Waals surface area contributed by atoms with Crippen LogP contribution in [0.4, 0.5) is 0 Å². The Bertz CT molecular complexity index is 707. The van der Waals surface area contributed by atoms with Gasteiger partial charge in [0.25, 0.3) is 0 Å². The summed E-state index contributed by atoms with van der Waals surface area (Å²) in [7, 11) is 0. The Balaban J connectivity index is 1.83. The molecule has 2 rings (SSSR count). The molecule has 0 amide bonds. The van der Waals surface area contributed by atoms with Gasteiger partial charge in [0.05, 0.1) is 0 Å². The van der Waals surface area contributed by atoms with Crippen molar-refractivity contribution in [3.63, 3.8) is 0 Å². The Kier molecular flexibility index (Phi) is 10.1. The fourth-order valence-electron chi connectivity index (χ4n) is 3.27. The first-order valence-electron chi connectivity index (χ1n) is 10.6. The van der Waals surface area contributed by atoms with E-state index in [-0.39, 0.29) is 11.9 Å². The van der Waals surface area contributed by atoms with E-state index in [1.807, 2.05) is 36.5 Å². The summed E-state index contributed by atoms with van der Waals surface area (Å²) in [6.07, 6.45) is 14.7. The molecule has 28 heavy (non-hydrogen) atoms. The number of ether oxygens (including phenoxy) is 1. The molecule has 0 aliphatic carbocycles. The van der Waals surface area contributed by atoms with Crippen molar-refractivity contribution in [2.45, 2.75) is 71.1 Å². The summed E-state index contributed by atoms with van der Waals surface area (Å²) >= 11 is 0. The van der Waals surface area contributed by atoms with Gasteiger partial charge in [0.15, 0.2) is 0 Å². The van der Waals surface area contributed by atoms with Gasteiger partial charge in [-0.3, -0.25) is 0 Å². The third-order valence-corrected chi connectivity index (χ3v) is 4.86. The maximum Gasteiger partial charge on any atom is 0.337 e. The molecule has 0 aliphatic rings. The Morgan fingerprint density at radius 1 is 1.00 bits per heavy atom. The maximum absolute atomic E-state index is 12.2. The average Bonchev–Trinajstić information content (AvgIpc) is 2.73. The van der Waals surface area contributed by atoms with E-state index in [2.05, 4.69) is 31.0 Å². The molecule has 0 radical (unpaired) electrons. The zero-order valence-corrected chi connectivity index (χ0v) is 17.3. The molecule has 1 heterocycles. The minimum atomic E-state index is -0.378. The van der Waals surface area contributed by atoms with Gasteiger partial charge in [-0.05, 0) is 30.4 Å². The fraction of sp³-hybridized carbons (Fsp3) is 0.440. The van der Waals surface area contributed by atoms with Crippen molar-refractivity contribution >= 4 is 5.97 Å². The van der Waals surface area contributed by atoms with Gasteiger partial charge in [0, 0.05) is 24.3 Å².